The average molecular weight is 723 g/mol. The molecule has 1 aliphatic heterocycles. The fourth-order valence-electron chi connectivity index (χ4n) is 7.80. The van der Waals surface area contributed by atoms with Crippen LogP contribution in [0.4, 0.5) is 0 Å². The summed E-state index contributed by atoms with van der Waals surface area (Å²) in [6, 6.07) is 53.9. The lowest BCUT2D eigenvalue weighted by atomic mass is 9.89. The molecule has 7 aromatic carbocycles. The molecule has 3 heterocycles. The quantitative estimate of drug-likeness (QED) is 0.171. The lowest BCUT2D eigenvalue weighted by Gasteiger charge is -2.18. The number of hydrogen-bond acceptors (Lipinski definition) is 5. The van der Waals surface area contributed by atoms with E-state index in [1.807, 2.05) is 78.9 Å². The van der Waals surface area contributed by atoms with Crippen molar-refractivity contribution in [3.63, 3.8) is 0 Å². The van der Waals surface area contributed by atoms with Gasteiger partial charge < -0.3 is 13.6 Å². The number of fused-ring (bicyclic) bond motifs is 4. The van der Waals surface area contributed by atoms with Crippen LogP contribution in [-0.4, -0.2) is 16.8 Å². The molecule has 0 saturated carbocycles. The molecular formula is C51H34N2O3. The minimum atomic E-state index is 0.431. The van der Waals surface area contributed by atoms with Crippen molar-refractivity contribution < 1.29 is 13.6 Å². The number of rotatable bonds is 6. The number of furan rings is 1. The Morgan fingerprint density at radius 2 is 0.875 bits per heavy atom. The molecule has 0 bridgehead atoms. The van der Waals surface area contributed by atoms with Crippen LogP contribution in [0, 0.1) is 0 Å². The minimum Gasteiger partial charge on any atom is -0.488 e. The standard InChI is InChI=1S/C51H34N2O3/c1-33-17-3-2-14-32-54-48-34(33)27-15-28-42(48)37-20-6-4-18-35(37)39-22-8-10-25-45(39)50-52-53-51(56-50)46-26-11-9-23-40(46)36-19-5-7-21-38(36)43-29-16-30-44-41-24-12-13-31-47(41)55-49(43)44/h2-31H,1,32H2/b14-2-,17-3-. The second-order valence-corrected chi connectivity index (χ2v) is 13.7. The van der Waals surface area contributed by atoms with Crippen LogP contribution in [-0.2, 0) is 0 Å². The third kappa shape index (κ3) is 5.74. The predicted molar refractivity (Wildman–Crippen MR) is 227 cm³/mol. The fraction of sp³-hybridized carbons (Fsp3) is 0.0196. The maximum atomic E-state index is 6.64. The normalized spacial score (nSPS) is 13.8. The predicted octanol–water partition coefficient (Wildman–Crippen LogP) is 13.5. The number of ether oxygens (including phenoxy) is 1. The SMILES string of the molecule is C=C1/C=C\C=C/COc2c1cccc2-c1ccccc1-c1ccccc1-c1nnc(-c2ccccc2-c2ccccc2-c2cccc3c2oc2ccccc23)o1. The molecule has 0 radical (unpaired) electrons. The third-order valence-electron chi connectivity index (χ3n) is 10.4. The van der Waals surface area contributed by atoms with Gasteiger partial charge in [0.25, 0.3) is 0 Å². The summed E-state index contributed by atoms with van der Waals surface area (Å²) >= 11 is 0. The first-order valence-electron chi connectivity index (χ1n) is 18.6. The van der Waals surface area contributed by atoms with E-state index in [-0.39, 0.29) is 0 Å². The number of benzene rings is 7. The third-order valence-corrected chi connectivity index (χ3v) is 10.4. The van der Waals surface area contributed by atoms with Crippen molar-refractivity contribution in [1.82, 2.24) is 10.2 Å². The van der Waals surface area contributed by atoms with Gasteiger partial charge in [0, 0.05) is 38.6 Å². The molecule has 0 N–H and O–H groups in total. The van der Waals surface area contributed by atoms with E-state index in [0.29, 0.717) is 18.4 Å². The molecule has 0 spiro atoms. The molecular weight excluding hydrogens is 689 g/mol. The van der Waals surface area contributed by atoms with Crippen molar-refractivity contribution in [1.29, 1.82) is 0 Å². The summed E-state index contributed by atoms with van der Waals surface area (Å²) in [5, 5.41) is 11.5. The van der Waals surface area contributed by atoms with Crippen LogP contribution in [0.2, 0.25) is 0 Å². The van der Waals surface area contributed by atoms with E-state index in [0.717, 1.165) is 94.5 Å². The smallest absolute Gasteiger partial charge is 0.248 e. The van der Waals surface area contributed by atoms with E-state index in [1.54, 1.807) is 0 Å². The van der Waals surface area contributed by atoms with Crippen molar-refractivity contribution in [3.8, 4) is 73.2 Å². The molecule has 266 valence electrons. The van der Waals surface area contributed by atoms with Gasteiger partial charge in [0.05, 0.1) is 0 Å². The van der Waals surface area contributed by atoms with Crippen LogP contribution in [0.25, 0.3) is 94.9 Å². The minimum absolute atomic E-state index is 0.431. The first-order valence-corrected chi connectivity index (χ1v) is 18.6. The largest absolute Gasteiger partial charge is 0.488 e. The first-order chi connectivity index (χ1) is 27.7. The lowest BCUT2D eigenvalue weighted by molar-refractivity contribution is 0.363. The molecule has 56 heavy (non-hydrogen) atoms. The topological polar surface area (TPSA) is 61.3 Å². The van der Waals surface area contributed by atoms with Gasteiger partial charge in [-0.25, -0.2) is 0 Å². The van der Waals surface area contributed by atoms with Gasteiger partial charge in [-0.15, -0.1) is 10.2 Å². The summed E-state index contributed by atoms with van der Waals surface area (Å²) in [5.74, 6) is 1.66. The van der Waals surface area contributed by atoms with Crippen molar-refractivity contribution >= 4 is 27.5 Å². The molecule has 1 aliphatic rings. The molecule has 9 aromatic rings. The molecule has 10 rings (SSSR count). The highest BCUT2D eigenvalue weighted by atomic mass is 16.5. The zero-order valence-electron chi connectivity index (χ0n) is 30.4. The molecule has 0 fully saturated rings. The lowest BCUT2D eigenvalue weighted by Crippen LogP contribution is -1.99. The number of hydrogen-bond donors (Lipinski definition) is 0. The summed E-state index contributed by atoms with van der Waals surface area (Å²) in [6.45, 7) is 4.78. The van der Waals surface area contributed by atoms with E-state index < -0.39 is 0 Å². The van der Waals surface area contributed by atoms with Crippen LogP contribution in [0.15, 0.2) is 197 Å². The summed E-state index contributed by atoms with van der Waals surface area (Å²) in [4.78, 5) is 0. The van der Waals surface area contributed by atoms with E-state index in [9.17, 15) is 0 Å². The second-order valence-electron chi connectivity index (χ2n) is 13.7. The molecule has 0 aliphatic carbocycles. The monoisotopic (exact) mass is 722 g/mol. The molecule has 0 atom stereocenters. The number of nitrogens with zero attached hydrogens (tertiary/aromatic N) is 2. The molecule has 5 nitrogen and oxygen atoms in total. The Labute approximate surface area is 324 Å². The van der Waals surface area contributed by atoms with Crippen LogP contribution in [0.5, 0.6) is 5.75 Å². The average Bonchev–Trinajstić information content (AvgIpc) is 3.92. The Bertz CT molecular complexity index is 3020. The second kappa shape index (κ2) is 14.0. The maximum Gasteiger partial charge on any atom is 0.248 e. The molecule has 5 heteroatoms. The van der Waals surface area contributed by atoms with Crippen molar-refractivity contribution in [2.75, 3.05) is 6.61 Å². The highest BCUT2D eigenvalue weighted by molar-refractivity contribution is 6.11. The summed E-state index contributed by atoms with van der Waals surface area (Å²) in [7, 11) is 0. The maximum absolute atomic E-state index is 6.64. The Balaban J connectivity index is 1.07. The van der Waals surface area contributed by atoms with E-state index in [1.165, 1.54) is 0 Å². The number of aromatic nitrogens is 2. The van der Waals surface area contributed by atoms with Crippen molar-refractivity contribution in [3.05, 3.63) is 194 Å². The number of para-hydroxylation sites is 3. The Morgan fingerprint density at radius 1 is 0.411 bits per heavy atom. The van der Waals surface area contributed by atoms with E-state index >= 15 is 0 Å². The van der Waals surface area contributed by atoms with E-state index in [2.05, 4.69) is 120 Å². The summed E-state index contributed by atoms with van der Waals surface area (Å²) in [5.41, 5.74) is 13.3. The Morgan fingerprint density at radius 3 is 1.54 bits per heavy atom. The summed E-state index contributed by atoms with van der Waals surface area (Å²) in [6.07, 6.45) is 8.00. The van der Waals surface area contributed by atoms with E-state index in [4.69, 9.17) is 13.6 Å². The summed E-state index contributed by atoms with van der Waals surface area (Å²) < 4.78 is 19.5. The van der Waals surface area contributed by atoms with Gasteiger partial charge in [-0.05, 0) is 63.2 Å². The molecule has 0 saturated heterocycles. The highest BCUT2D eigenvalue weighted by Crippen LogP contribution is 2.45. The van der Waals surface area contributed by atoms with Gasteiger partial charge in [-0.3, -0.25) is 0 Å². The van der Waals surface area contributed by atoms with Gasteiger partial charge in [-0.1, -0.05) is 164 Å². The van der Waals surface area contributed by atoms with Gasteiger partial charge in [0.15, 0.2) is 0 Å². The van der Waals surface area contributed by atoms with Crippen molar-refractivity contribution in [2.45, 2.75) is 0 Å². The van der Waals surface area contributed by atoms with Gasteiger partial charge in [-0.2, -0.15) is 0 Å². The van der Waals surface area contributed by atoms with Crippen LogP contribution in [0.3, 0.4) is 0 Å². The highest BCUT2D eigenvalue weighted by Gasteiger charge is 2.23. The van der Waals surface area contributed by atoms with Crippen LogP contribution < -0.4 is 4.74 Å². The molecule has 2 aromatic heterocycles. The zero-order valence-corrected chi connectivity index (χ0v) is 30.4. The molecule has 0 unspecified atom stereocenters. The first kappa shape index (κ1) is 33.1. The van der Waals surface area contributed by atoms with Crippen molar-refractivity contribution in [2.24, 2.45) is 0 Å². The van der Waals surface area contributed by atoms with Gasteiger partial charge in [0.1, 0.15) is 23.5 Å². The molecule has 0 amide bonds. The Kier molecular flexibility index (Phi) is 8.30. The zero-order chi connectivity index (χ0) is 37.4. The Hall–Kier alpha value is -7.50. The van der Waals surface area contributed by atoms with Crippen LogP contribution >= 0.6 is 0 Å². The van der Waals surface area contributed by atoms with Crippen LogP contribution in [0.1, 0.15) is 5.56 Å². The number of allylic oxidation sites excluding steroid dienone is 4. The van der Waals surface area contributed by atoms with Gasteiger partial charge >= 0.3 is 0 Å². The van der Waals surface area contributed by atoms with Gasteiger partial charge in [0.2, 0.25) is 11.8 Å². The fourth-order valence-corrected chi connectivity index (χ4v) is 7.80.